The second-order valence-electron chi connectivity index (χ2n) is 8.85. The van der Waals surface area contributed by atoms with Gasteiger partial charge in [-0.2, -0.15) is 18.3 Å². The molecule has 11 heteroatoms. The van der Waals surface area contributed by atoms with E-state index in [-0.39, 0.29) is 17.1 Å². The molecule has 0 saturated carbocycles. The van der Waals surface area contributed by atoms with Crippen molar-refractivity contribution in [3.63, 3.8) is 0 Å². The van der Waals surface area contributed by atoms with E-state index in [0.717, 1.165) is 28.5 Å². The average Bonchev–Trinajstić information content (AvgIpc) is 3.48. The molecule has 0 aliphatic carbocycles. The number of halogens is 3. The van der Waals surface area contributed by atoms with Gasteiger partial charge in [0.1, 0.15) is 23.6 Å². The van der Waals surface area contributed by atoms with Gasteiger partial charge in [-0.1, -0.05) is 12.1 Å². The second kappa shape index (κ2) is 8.58. The van der Waals surface area contributed by atoms with E-state index in [2.05, 4.69) is 15.0 Å². The van der Waals surface area contributed by atoms with Gasteiger partial charge >= 0.3 is 6.18 Å². The molecule has 3 N–H and O–H groups in total. The van der Waals surface area contributed by atoms with E-state index in [4.69, 9.17) is 10.8 Å². The summed E-state index contributed by atoms with van der Waals surface area (Å²) >= 11 is 0. The number of phenols is 1. The maximum absolute atomic E-state index is 13.5. The maximum Gasteiger partial charge on any atom is 0.416 e. The van der Waals surface area contributed by atoms with Crippen molar-refractivity contribution in [2.24, 2.45) is 0 Å². The Hall–Kier alpha value is -4.93. The van der Waals surface area contributed by atoms with Gasteiger partial charge in [-0.3, -0.25) is 4.98 Å². The zero-order valence-electron chi connectivity index (χ0n) is 19.9. The number of aromatic hydroxyl groups is 1. The molecule has 0 aliphatic heterocycles. The van der Waals surface area contributed by atoms with Gasteiger partial charge in [0, 0.05) is 29.0 Å². The fourth-order valence-electron chi connectivity index (χ4n) is 4.75. The van der Waals surface area contributed by atoms with Crippen LogP contribution in [-0.4, -0.2) is 34.2 Å². The van der Waals surface area contributed by atoms with E-state index in [1.54, 1.807) is 10.9 Å². The number of pyridine rings is 2. The highest BCUT2D eigenvalue weighted by Crippen LogP contribution is 2.40. The molecule has 0 radical (unpaired) electrons. The van der Waals surface area contributed by atoms with E-state index < -0.39 is 23.5 Å². The Balaban J connectivity index is 1.60. The second-order valence-corrected chi connectivity index (χ2v) is 8.85. The Morgan fingerprint density at radius 1 is 0.974 bits per heavy atom. The number of hydrogen-bond donors (Lipinski definition) is 2. The van der Waals surface area contributed by atoms with Crippen LogP contribution in [0, 0.1) is 0 Å². The van der Waals surface area contributed by atoms with Crippen molar-refractivity contribution in [2.75, 3.05) is 5.73 Å². The van der Waals surface area contributed by atoms with Gasteiger partial charge < -0.3 is 15.2 Å². The van der Waals surface area contributed by atoms with Crippen LogP contribution >= 0.6 is 0 Å². The summed E-state index contributed by atoms with van der Waals surface area (Å²) in [6, 6.07) is 15.8. The van der Waals surface area contributed by atoms with Gasteiger partial charge in [0.25, 0.3) is 0 Å². The first-order chi connectivity index (χ1) is 18.2. The van der Waals surface area contributed by atoms with Crippen molar-refractivity contribution < 1.29 is 18.3 Å². The Bertz CT molecular complexity index is 1810. The number of phenolic OH excluding ortho intramolecular Hbond substituents is 1. The monoisotopic (exact) mass is 515 g/mol. The van der Waals surface area contributed by atoms with Gasteiger partial charge in [-0.25, -0.2) is 14.6 Å². The molecule has 8 nitrogen and oxygen atoms in total. The SMILES string of the molecule is CC(c1cc2ccccn2c1-c1ccccn1)n1nc(-c2cc(O)cc(C(F)(F)F)c2)c2c(N)ncnc21. The lowest BCUT2D eigenvalue weighted by atomic mass is 10.0. The average molecular weight is 515 g/mol. The summed E-state index contributed by atoms with van der Waals surface area (Å²) in [4.78, 5) is 13.0. The summed E-state index contributed by atoms with van der Waals surface area (Å²) in [5.41, 5.74) is 9.10. The van der Waals surface area contributed by atoms with Gasteiger partial charge in [-0.05, 0) is 55.5 Å². The lowest BCUT2D eigenvalue weighted by Crippen LogP contribution is -2.10. The summed E-state index contributed by atoms with van der Waals surface area (Å²) in [6.45, 7) is 1.92. The van der Waals surface area contributed by atoms with Gasteiger partial charge in [0.05, 0.1) is 28.4 Å². The zero-order chi connectivity index (χ0) is 26.6. The predicted octanol–water partition coefficient (Wildman–Crippen LogP) is 5.72. The summed E-state index contributed by atoms with van der Waals surface area (Å²) in [6.07, 6.45) is 0.270. The van der Waals surface area contributed by atoms with Crippen LogP contribution in [0.1, 0.15) is 24.1 Å². The molecule has 6 aromatic rings. The highest BCUT2D eigenvalue weighted by atomic mass is 19.4. The first-order valence-electron chi connectivity index (χ1n) is 11.6. The smallest absolute Gasteiger partial charge is 0.416 e. The van der Waals surface area contributed by atoms with Crippen LogP contribution in [0.25, 0.3) is 39.2 Å². The van der Waals surface area contributed by atoms with E-state index in [1.807, 2.05) is 60.0 Å². The van der Waals surface area contributed by atoms with Crippen LogP contribution in [0.3, 0.4) is 0 Å². The van der Waals surface area contributed by atoms with Crippen LogP contribution in [0.4, 0.5) is 19.0 Å². The van der Waals surface area contributed by atoms with Crippen LogP contribution < -0.4 is 5.73 Å². The Morgan fingerprint density at radius 3 is 2.55 bits per heavy atom. The molecule has 6 rings (SSSR count). The molecule has 0 saturated heterocycles. The Kier molecular flexibility index (Phi) is 5.30. The van der Waals surface area contributed by atoms with Crippen molar-refractivity contribution in [1.82, 2.24) is 29.1 Å². The third-order valence-corrected chi connectivity index (χ3v) is 6.47. The van der Waals surface area contributed by atoms with E-state index in [0.29, 0.717) is 17.1 Å². The number of nitrogen functional groups attached to an aromatic ring is 1. The predicted molar refractivity (Wildman–Crippen MR) is 136 cm³/mol. The molecule has 0 aliphatic rings. The number of fused-ring (bicyclic) bond motifs is 2. The van der Waals surface area contributed by atoms with Crippen LogP contribution in [0.15, 0.2) is 79.4 Å². The number of benzene rings is 1. The summed E-state index contributed by atoms with van der Waals surface area (Å²) < 4.78 is 44.2. The molecule has 1 aromatic carbocycles. The highest BCUT2D eigenvalue weighted by molar-refractivity contribution is 5.98. The van der Waals surface area contributed by atoms with E-state index in [9.17, 15) is 18.3 Å². The summed E-state index contributed by atoms with van der Waals surface area (Å²) in [5.74, 6) is -0.482. The fraction of sp³-hybridized carbons (Fsp3) is 0.111. The van der Waals surface area contributed by atoms with Crippen LogP contribution in [0.5, 0.6) is 5.75 Å². The number of rotatable bonds is 4. The molecule has 5 aromatic heterocycles. The fourth-order valence-corrected chi connectivity index (χ4v) is 4.75. The molecule has 0 bridgehead atoms. The van der Waals surface area contributed by atoms with Gasteiger partial charge in [0.2, 0.25) is 0 Å². The topological polar surface area (TPSA) is 107 Å². The molecule has 5 heterocycles. The molecular formula is C27H20F3N7O. The number of alkyl halides is 3. The first-order valence-corrected chi connectivity index (χ1v) is 11.6. The minimum absolute atomic E-state index is 0.0433. The number of anilines is 1. The molecule has 38 heavy (non-hydrogen) atoms. The first kappa shape index (κ1) is 23.5. The molecule has 1 unspecified atom stereocenters. The summed E-state index contributed by atoms with van der Waals surface area (Å²) in [7, 11) is 0. The molecule has 0 fully saturated rings. The largest absolute Gasteiger partial charge is 0.508 e. The third-order valence-electron chi connectivity index (χ3n) is 6.47. The normalized spacial score (nSPS) is 12.8. The van der Waals surface area contributed by atoms with Crippen LogP contribution in [0.2, 0.25) is 0 Å². The van der Waals surface area contributed by atoms with Gasteiger partial charge in [0.15, 0.2) is 5.65 Å². The van der Waals surface area contributed by atoms with Crippen molar-refractivity contribution in [3.05, 3.63) is 90.5 Å². The van der Waals surface area contributed by atoms with Gasteiger partial charge in [-0.15, -0.1) is 0 Å². The number of aromatic nitrogens is 6. The minimum atomic E-state index is -4.66. The number of nitrogens with two attached hydrogens (primary N) is 1. The zero-order valence-corrected chi connectivity index (χ0v) is 19.9. The highest BCUT2D eigenvalue weighted by Gasteiger charge is 2.32. The third kappa shape index (κ3) is 3.79. The van der Waals surface area contributed by atoms with Crippen molar-refractivity contribution in [3.8, 4) is 28.4 Å². The maximum atomic E-state index is 13.5. The molecule has 190 valence electrons. The van der Waals surface area contributed by atoms with Crippen LogP contribution in [-0.2, 0) is 6.18 Å². The number of nitrogens with zero attached hydrogens (tertiary/aromatic N) is 6. The summed E-state index contributed by atoms with van der Waals surface area (Å²) in [5, 5.41) is 15.1. The molecule has 1 atom stereocenters. The number of hydrogen-bond acceptors (Lipinski definition) is 6. The Morgan fingerprint density at radius 2 is 1.79 bits per heavy atom. The molecule has 0 spiro atoms. The van der Waals surface area contributed by atoms with E-state index in [1.165, 1.54) is 12.4 Å². The standard InChI is InChI=1S/C27H20F3N7O/c1-15(20-13-18-6-3-5-9-36(18)24(20)21-7-2-4-8-32-21)37-26-22(25(31)33-14-34-26)23(35-37)16-10-17(27(28,29)30)12-19(38)11-16/h2-15,38H,1H3,(H2,31,33,34). The lowest BCUT2D eigenvalue weighted by Gasteiger charge is -2.15. The minimum Gasteiger partial charge on any atom is -0.508 e. The molecular weight excluding hydrogens is 495 g/mol. The Labute approximate surface area is 213 Å². The lowest BCUT2D eigenvalue weighted by molar-refractivity contribution is -0.137. The van der Waals surface area contributed by atoms with Crippen molar-refractivity contribution >= 4 is 22.4 Å². The van der Waals surface area contributed by atoms with E-state index >= 15 is 0 Å². The quantitative estimate of drug-likeness (QED) is 0.311. The van der Waals surface area contributed by atoms with Crippen molar-refractivity contribution in [1.29, 1.82) is 0 Å². The van der Waals surface area contributed by atoms with Crippen molar-refractivity contribution in [2.45, 2.75) is 19.1 Å². The molecule has 0 amide bonds.